The molecule has 0 fully saturated rings. The number of aryl methyl sites for hydroxylation is 4. The number of carbonyl (C=O) groups is 2. The summed E-state index contributed by atoms with van der Waals surface area (Å²) in [6.07, 6.45) is 24.5. The maximum Gasteiger partial charge on any atom is 0.354 e. The van der Waals surface area contributed by atoms with E-state index in [2.05, 4.69) is 301 Å². The Labute approximate surface area is 857 Å². The largest absolute Gasteiger partial charge is 0.481 e. The topological polar surface area (TPSA) is 392 Å². The molecule has 0 atom stereocenters. The summed E-state index contributed by atoms with van der Waals surface area (Å²) >= 11 is 8.55. The van der Waals surface area contributed by atoms with Crippen molar-refractivity contribution in [2.24, 2.45) is 21.6 Å². The summed E-state index contributed by atoms with van der Waals surface area (Å²) in [5.41, 5.74) is 15.6. The van der Waals surface area contributed by atoms with Crippen LogP contribution in [0.3, 0.4) is 0 Å². The first kappa shape index (κ1) is 129. The second kappa shape index (κ2) is 62.9. The molecule has 0 saturated heterocycles. The van der Waals surface area contributed by atoms with Gasteiger partial charge in [-0.3, -0.25) is 30.0 Å². The molecule has 5 N–H and O–H groups in total. The third-order valence-electron chi connectivity index (χ3n) is 18.7. The molecular formula is C107H165N21O7S5. The molecule has 0 aliphatic rings. The summed E-state index contributed by atoms with van der Waals surface area (Å²) in [5, 5.41) is 59.0. The van der Waals surface area contributed by atoms with Crippen molar-refractivity contribution < 1.29 is 33.7 Å². The van der Waals surface area contributed by atoms with Gasteiger partial charge in [0.2, 0.25) is 18.2 Å². The number of nitrogens with zero attached hydrogens (tertiary/aromatic N) is 19. The van der Waals surface area contributed by atoms with Gasteiger partial charge in [0.1, 0.15) is 15.7 Å². The first-order valence-corrected chi connectivity index (χ1v) is 50.9. The van der Waals surface area contributed by atoms with Crippen molar-refractivity contribution in [1.82, 2.24) is 85.0 Å². The number of nitrogens with one attached hydrogen (secondary N) is 1. The lowest BCUT2D eigenvalue weighted by Crippen LogP contribution is -2.21. The smallest absolute Gasteiger partial charge is 0.354 e. The van der Waals surface area contributed by atoms with Crippen LogP contribution in [0, 0.1) is 38.5 Å². The van der Waals surface area contributed by atoms with Gasteiger partial charge in [0.05, 0.1) is 52.1 Å². The maximum absolute atomic E-state index is 10.5. The summed E-state index contributed by atoms with van der Waals surface area (Å²) in [6.45, 7) is 84.1. The van der Waals surface area contributed by atoms with E-state index in [9.17, 15) is 9.59 Å². The number of rotatable bonds is 10. The molecule has 13 aromatic heterocycles. The minimum absolute atomic E-state index is 0.0174. The molecule has 0 bridgehead atoms. The number of pyridine rings is 5. The predicted octanol–water partition coefficient (Wildman–Crippen LogP) is 29.2. The van der Waals surface area contributed by atoms with Gasteiger partial charge in [-0.05, 0) is 171 Å². The highest BCUT2D eigenvalue weighted by Gasteiger charge is 2.23. The van der Waals surface area contributed by atoms with Crippen LogP contribution in [0.25, 0.3) is 0 Å². The molecule has 0 aliphatic heterocycles. The van der Waals surface area contributed by atoms with E-state index in [-0.39, 0.29) is 60.5 Å². The van der Waals surface area contributed by atoms with Crippen molar-refractivity contribution in [3.8, 4) is 11.9 Å². The summed E-state index contributed by atoms with van der Waals surface area (Å²) in [5.74, 6) is 7.26. The number of thiazole rings is 4. The van der Waals surface area contributed by atoms with E-state index in [0.717, 1.165) is 37.4 Å². The van der Waals surface area contributed by atoms with Crippen LogP contribution in [0.1, 0.15) is 392 Å². The number of methoxy groups -OCH3 is 2. The number of nitrogens with two attached hydrogens (primary N) is 1. The Bertz CT molecular complexity index is 5120. The minimum atomic E-state index is -0.975. The van der Waals surface area contributed by atoms with Crippen LogP contribution in [0.15, 0.2) is 184 Å². The zero-order chi connectivity index (χ0) is 108. The maximum atomic E-state index is 10.5. The molecule has 0 unspecified atom stereocenters. The Morgan fingerprint density at radius 2 is 1.05 bits per heavy atom. The van der Waals surface area contributed by atoms with Crippen molar-refractivity contribution in [2.45, 2.75) is 350 Å². The summed E-state index contributed by atoms with van der Waals surface area (Å²) in [4.78, 5) is 68.3. The van der Waals surface area contributed by atoms with Gasteiger partial charge in [-0.2, -0.15) is 5.10 Å². The molecule has 33 heteroatoms. The van der Waals surface area contributed by atoms with Gasteiger partial charge in [-0.25, -0.2) is 44.5 Å². The van der Waals surface area contributed by atoms with Gasteiger partial charge in [0, 0.05) is 146 Å². The molecule has 0 aliphatic carbocycles. The predicted molar refractivity (Wildman–Crippen MR) is 582 cm³/mol. The van der Waals surface area contributed by atoms with E-state index in [1.165, 1.54) is 61.6 Å². The van der Waals surface area contributed by atoms with Crippen LogP contribution in [-0.4, -0.2) is 127 Å². The standard InChI is InChI=1S/C10H15N.2C9H11NO2.C9H13NO.C8H12N2O.C8H13NS.C8H11N.C7H12N2S.C7H12N2.3C7H11NS.C6H10N2O.C5H12N4/c1-7(2)10-6-5-8(3)11-9(10)4;1-6(2)7-3-8(9(11)12)5-10-4-7;1-6(2)7-3-4-10-8(5-7)9(11)12;1-7(2)8-4-5-10-9(6-8)11-3;1-6(2)7-4-9-8(11-3)10-5-7;1-6-9-5-7(10-6)8(2,3)4;1-7(2)8-4-3-5-9-6-8;1-5-8-9-6(10-5)7(2,3)4;1-7(2,3)9-6-4-5-8-9;1-7(2,3)6-4-9-5-8-6;1-7(2,3)6-4-8-5-9-6;1-7(2,3)6-8-4-5-9-6;1-6(2,3)5-8-7-4-9-5;1-5(2,3)4(6)8-9-7/h5-7H,1-4H3;2*3-6H,1-2H3,(H,11,12);4-7H,1-3H3;4-6H,1-3H3;5H,1-4H3;3-7H,1-2H3;1-4H3;4-6H,1-3H3;3*4-5H,1-3H3;4H,1-3H3;1-3H3,(H3,6,7,8). The zero-order valence-corrected chi connectivity index (χ0v) is 95.8. The van der Waals surface area contributed by atoms with Crippen LogP contribution < -0.4 is 15.3 Å². The van der Waals surface area contributed by atoms with Gasteiger partial charge in [-0.15, -0.1) is 82.2 Å². The molecule has 0 aromatic carbocycles. The van der Waals surface area contributed by atoms with Gasteiger partial charge in [-0.1, -0.05) is 246 Å². The second-order valence-corrected chi connectivity index (χ2v) is 47.1. The van der Waals surface area contributed by atoms with Crippen LogP contribution in [0.5, 0.6) is 11.9 Å². The monoisotopic (exact) mass is 2020 g/mol. The fourth-order valence-electron chi connectivity index (χ4n) is 9.91. The van der Waals surface area contributed by atoms with Crippen molar-refractivity contribution >= 4 is 74.5 Å². The van der Waals surface area contributed by atoms with Crippen molar-refractivity contribution in [1.29, 1.82) is 5.41 Å². The minimum Gasteiger partial charge on any atom is -0.481 e. The molecule has 0 spiro atoms. The van der Waals surface area contributed by atoms with Gasteiger partial charge in [0.25, 0.3) is 0 Å². The third kappa shape index (κ3) is 55.8. The summed E-state index contributed by atoms with van der Waals surface area (Å²) in [6, 6.07) is 19.7. The van der Waals surface area contributed by atoms with E-state index < -0.39 is 11.9 Å². The Morgan fingerprint density at radius 3 is 1.36 bits per heavy atom. The van der Waals surface area contributed by atoms with Crippen LogP contribution >= 0.6 is 56.7 Å². The summed E-state index contributed by atoms with van der Waals surface area (Å²) < 4.78 is 16.7. The number of amidine groups is 1. The quantitative estimate of drug-likeness (QED) is 0.0325. The molecule has 28 nitrogen and oxygen atoms in total. The van der Waals surface area contributed by atoms with E-state index >= 15 is 0 Å². The van der Waals surface area contributed by atoms with Crippen LogP contribution in [0.4, 0.5) is 0 Å². The van der Waals surface area contributed by atoms with Crippen LogP contribution in [-0.2, 0) is 38.0 Å². The number of hydrogen-bond donors (Lipinski definition) is 4. The highest BCUT2D eigenvalue weighted by atomic mass is 32.1. The number of carboxylic acids is 2. The van der Waals surface area contributed by atoms with Gasteiger partial charge < -0.3 is 29.9 Å². The Balaban J connectivity index is 0.00000149. The molecule has 13 rings (SSSR count). The number of aromatic nitrogens is 17. The second-order valence-electron chi connectivity index (χ2n) is 42.2. The van der Waals surface area contributed by atoms with Crippen molar-refractivity contribution in [3.63, 3.8) is 0 Å². The van der Waals surface area contributed by atoms with E-state index in [1.54, 1.807) is 120 Å². The van der Waals surface area contributed by atoms with Crippen LogP contribution in [0.2, 0.25) is 0 Å². The molecule has 13 heterocycles. The van der Waals surface area contributed by atoms with E-state index in [0.29, 0.717) is 53.3 Å². The SMILES string of the molecule is CC(C)(C)C(=N)N=NN.CC(C)(C)c1cncs1.CC(C)(C)c1cscn1.CC(C)(C)c1nccs1.CC(C)(C)c1nnco1.CC(C)(C)n1cccn1.CC(C)c1cccnc1.CC(C)c1ccnc(C(=O)O)c1.CC(C)c1cncc(C(=O)O)c1.COc1cc(C(C)C)ccn1.COc1ncc(C(C)C)cn1.Cc1ccc(C(C)C)c(C)n1.Cc1ncc(C(C)(C)C)s1.Cc1nnc(C(C)(C)C)s1. The third-order valence-corrected chi connectivity index (χ3v) is 24.3. The zero-order valence-electron chi connectivity index (χ0n) is 91.7. The number of carboxylic acid groups (broad SMARTS) is 2. The van der Waals surface area contributed by atoms with Gasteiger partial charge in [0.15, 0.2) is 5.84 Å². The van der Waals surface area contributed by atoms with E-state index in [4.69, 9.17) is 35.4 Å². The van der Waals surface area contributed by atoms with Crippen molar-refractivity contribution in [3.05, 3.63) is 267 Å². The Morgan fingerprint density at radius 1 is 0.479 bits per heavy atom. The van der Waals surface area contributed by atoms with Gasteiger partial charge >= 0.3 is 17.9 Å². The highest BCUT2D eigenvalue weighted by Crippen LogP contribution is 2.30. The highest BCUT2D eigenvalue weighted by molar-refractivity contribution is 7.12. The fraction of sp³-hybridized carbons (Fsp3) is 0.523. The average Bonchev–Trinajstić information content (AvgIpc) is 1.65. The fourth-order valence-corrected chi connectivity index (χ4v) is 13.7. The lowest BCUT2D eigenvalue weighted by Gasteiger charge is -2.18. The molecular weight excluding hydrogens is 1850 g/mol. The normalized spacial score (nSPS) is 11.2. The summed E-state index contributed by atoms with van der Waals surface area (Å²) in [7, 11) is 3.19. The number of aromatic carboxylic acids is 2. The molecule has 0 radical (unpaired) electrons. The number of hydrogen-bond acceptors (Lipinski definition) is 28. The number of ether oxygens (including phenoxy) is 2. The lowest BCUT2D eigenvalue weighted by molar-refractivity contribution is 0.0682. The molecule has 140 heavy (non-hydrogen) atoms. The molecule has 0 saturated carbocycles. The first-order valence-electron chi connectivity index (χ1n) is 46.6. The molecule has 770 valence electrons. The van der Waals surface area contributed by atoms with E-state index in [1.807, 2.05) is 172 Å². The lowest BCUT2D eigenvalue weighted by atomic mass is 9.93. The first-order chi connectivity index (χ1) is 64.6. The molecule has 13 aromatic rings. The van der Waals surface area contributed by atoms with Crippen molar-refractivity contribution in [2.75, 3.05) is 14.2 Å². The average molecular weight is 2020 g/mol. The molecule has 0 amide bonds. The Kier molecular flexibility index (Phi) is 57.9. The Hall–Kier alpha value is -11.1.